The first-order chi connectivity index (χ1) is 6.60. The summed E-state index contributed by atoms with van der Waals surface area (Å²) in [5, 5.41) is 9.07. The van der Waals surface area contributed by atoms with Gasteiger partial charge in [-0.15, -0.1) is 0 Å². The van der Waals surface area contributed by atoms with Crippen LogP contribution in [0.1, 0.15) is 23.2 Å². The summed E-state index contributed by atoms with van der Waals surface area (Å²) in [5.74, 6) is 0. The lowest BCUT2D eigenvalue weighted by atomic mass is 10.1. The molecule has 0 amide bonds. The number of rotatable bonds is 2. The van der Waals surface area contributed by atoms with Gasteiger partial charge in [-0.25, -0.2) is 13.8 Å². The molecule has 0 aliphatic heterocycles. The number of hydrogen-bond donors (Lipinski definition) is 0. The van der Waals surface area contributed by atoms with Crippen molar-refractivity contribution in [2.45, 2.75) is 11.8 Å². The van der Waals surface area contributed by atoms with Gasteiger partial charge in [0.1, 0.15) is 9.77 Å². The van der Waals surface area contributed by atoms with E-state index in [2.05, 4.69) is 20.9 Å². The standard InChI is InChI=1S/C8H4BrF2IN2/c9-2-4-1-5(7(10)11)6(3-13)8(12)14-4/h1,7H,2H2. The molecule has 0 unspecified atom stereocenters. The molecule has 0 fully saturated rings. The molecule has 0 radical (unpaired) electrons. The molecule has 6 heteroatoms. The molecule has 0 spiro atoms. The van der Waals surface area contributed by atoms with Crippen molar-refractivity contribution in [3.05, 3.63) is 26.6 Å². The average Bonchev–Trinajstić information content (AvgIpc) is 2.16. The summed E-state index contributed by atoms with van der Waals surface area (Å²) >= 11 is 4.91. The second-order valence-electron chi connectivity index (χ2n) is 2.41. The van der Waals surface area contributed by atoms with Crippen molar-refractivity contribution in [1.82, 2.24) is 4.98 Å². The predicted molar refractivity (Wildman–Crippen MR) is 59.3 cm³/mol. The Morgan fingerprint density at radius 1 is 1.64 bits per heavy atom. The first kappa shape index (κ1) is 11.8. The SMILES string of the molecule is N#Cc1c(C(F)F)cc(CBr)nc1I. The van der Waals surface area contributed by atoms with Crippen molar-refractivity contribution in [3.8, 4) is 6.07 Å². The second-order valence-corrected chi connectivity index (χ2v) is 4.00. The maximum Gasteiger partial charge on any atom is 0.265 e. The number of halogens is 4. The van der Waals surface area contributed by atoms with Gasteiger partial charge in [-0.1, -0.05) is 15.9 Å². The van der Waals surface area contributed by atoms with Crippen LogP contribution in [0.15, 0.2) is 6.07 Å². The Bertz CT molecular complexity index is 390. The average molecular weight is 373 g/mol. The number of nitrogens with zero attached hydrogens (tertiary/aromatic N) is 2. The maximum atomic E-state index is 12.5. The van der Waals surface area contributed by atoms with Crippen molar-refractivity contribution >= 4 is 38.5 Å². The fourth-order valence-corrected chi connectivity index (χ4v) is 1.97. The van der Waals surface area contributed by atoms with Crippen LogP contribution in [-0.2, 0) is 5.33 Å². The van der Waals surface area contributed by atoms with E-state index in [-0.39, 0.29) is 11.1 Å². The van der Waals surface area contributed by atoms with Gasteiger partial charge < -0.3 is 0 Å². The smallest absolute Gasteiger partial charge is 0.245 e. The van der Waals surface area contributed by atoms with Crippen LogP contribution in [0.2, 0.25) is 0 Å². The normalized spacial score (nSPS) is 10.3. The summed E-state index contributed by atoms with van der Waals surface area (Å²) in [4.78, 5) is 3.99. The Labute approximate surface area is 102 Å². The Hall–Kier alpha value is -0.290. The van der Waals surface area contributed by atoms with E-state index in [9.17, 15) is 8.78 Å². The van der Waals surface area contributed by atoms with Gasteiger partial charge in [-0.2, -0.15) is 5.26 Å². The zero-order valence-corrected chi connectivity index (χ0v) is 10.5. The number of alkyl halides is 3. The highest BCUT2D eigenvalue weighted by atomic mass is 127. The van der Waals surface area contributed by atoms with E-state index in [4.69, 9.17) is 5.26 Å². The third-order valence-corrected chi connectivity index (χ3v) is 2.90. The molecular weight excluding hydrogens is 369 g/mol. The van der Waals surface area contributed by atoms with Crippen LogP contribution in [0.25, 0.3) is 0 Å². The first-order valence-corrected chi connectivity index (χ1v) is 5.73. The third kappa shape index (κ3) is 2.39. The number of pyridine rings is 1. The summed E-state index contributed by atoms with van der Waals surface area (Å²) in [6.45, 7) is 0. The predicted octanol–water partition coefficient (Wildman–Crippen LogP) is 3.39. The molecular formula is C8H4BrF2IN2. The number of nitriles is 1. The topological polar surface area (TPSA) is 36.7 Å². The quantitative estimate of drug-likeness (QED) is 0.453. The minimum absolute atomic E-state index is 0.0368. The molecule has 0 aromatic carbocycles. The van der Waals surface area contributed by atoms with Gasteiger partial charge in [0.2, 0.25) is 0 Å². The molecule has 1 aromatic rings. The molecule has 0 aliphatic rings. The second kappa shape index (κ2) is 4.98. The molecule has 0 N–H and O–H groups in total. The van der Waals surface area contributed by atoms with E-state index in [0.29, 0.717) is 14.7 Å². The third-order valence-electron chi connectivity index (χ3n) is 1.54. The lowest BCUT2D eigenvalue weighted by Crippen LogP contribution is -2.00. The van der Waals surface area contributed by atoms with Gasteiger partial charge in [0.25, 0.3) is 6.43 Å². The lowest BCUT2D eigenvalue weighted by molar-refractivity contribution is 0.150. The van der Waals surface area contributed by atoms with Crippen LogP contribution >= 0.6 is 38.5 Å². The number of hydrogen-bond acceptors (Lipinski definition) is 2. The molecule has 2 nitrogen and oxygen atoms in total. The minimum atomic E-state index is -2.64. The Morgan fingerprint density at radius 2 is 2.29 bits per heavy atom. The van der Waals surface area contributed by atoms with E-state index in [1.807, 2.05) is 0 Å². The molecule has 74 valence electrons. The van der Waals surface area contributed by atoms with Crippen molar-refractivity contribution in [3.63, 3.8) is 0 Å². The van der Waals surface area contributed by atoms with E-state index in [1.165, 1.54) is 6.07 Å². The van der Waals surface area contributed by atoms with E-state index in [0.717, 1.165) is 0 Å². The molecule has 0 bridgehead atoms. The van der Waals surface area contributed by atoms with Crippen LogP contribution in [0, 0.1) is 15.0 Å². The molecule has 0 saturated heterocycles. The molecule has 14 heavy (non-hydrogen) atoms. The van der Waals surface area contributed by atoms with Crippen molar-refractivity contribution in [2.75, 3.05) is 0 Å². The van der Waals surface area contributed by atoms with Crippen LogP contribution in [-0.4, -0.2) is 4.98 Å². The van der Waals surface area contributed by atoms with Gasteiger partial charge in [0, 0.05) is 10.9 Å². The summed E-state index contributed by atoms with van der Waals surface area (Å²) in [7, 11) is 0. The molecule has 0 saturated carbocycles. The highest BCUT2D eigenvalue weighted by molar-refractivity contribution is 14.1. The monoisotopic (exact) mass is 372 g/mol. The van der Waals surface area contributed by atoms with E-state index < -0.39 is 6.43 Å². The molecule has 1 aromatic heterocycles. The fraction of sp³-hybridized carbons (Fsp3) is 0.250. The van der Waals surface area contributed by atoms with Crippen molar-refractivity contribution in [1.29, 1.82) is 5.26 Å². The highest BCUT2D eigenvalue weighted by Gasteiger charge is 2.17. The number of aromatic nitrogens is 1. The molecule has 0 aliphatic carbocycles. The molecule has 1 heterocycles. The first-order valence-electron chi connectivity index (χ1n) is 3.53. The van der Waals surface area contributed by atoms with Crippen LogP contribution < -0.4 is 0 Å². The summed E-state index contributed by atoms with van der Waals surface area (Å²) in [5.41, 5.74) is 0.218. The maximum absolute atomic E-state index is 12.5. The van der Waals surface area contributed by atoms with Crippen molar-refractivity contribution in [2.24, 2.45) is 0 Å². The molecule has 0 atom stereocenters. The summed E-state index contributed by atoms with van der Waals surface area (Å²) < 4.78 is 25.3. The van der Waals surface area contributed by atoms with Gasteiger partial charge in [-0.05, 0) is 28.7 Å². The van der Waals surface area contributed by atoms with Gasteiger partial charge >= 0.3 is 0 Å². The largest absolute Gasteiger partial charge is 0.265 e. The van der Waals surface area contributed by atoms with E-state index >= 15 is 0 Å². The zero-order valence-electron chi connectivity index (χ0n) is 6.77. The van der Waals surface area contributed by atoms with Crippen LogP contribution in [0.4, 0.5) is 8.78 Å². The molecule has 1 rings (SSSR count). The van der Waals surface area contributed by atoms with Crippen molar-refractivity contribution < 1.29 is 8.78 Å². The summed E-state index contributed by atoms with van der Waals surface area (Å²) in [6.07, 6.45) is -2.64. The fourth-order valence-electron chi connectivity index (χ4n) is 0.936. The van der Waals surface area contributed by atoms with Gasteiger partial charge in [0.05, 0.1) is 11.3 Å². The Morgan fingerprint density at radius 3 is 2.71 bits per heavy atom. The van der Waals surface area contributed by atoms with Gasteiger partial charge in [0.15, 0.2) is 0 Å². The lowest BCUT2D eigenvalue weighted by Gasteiger charge is -2.06. The van der Waals surface area contributed by atoms with E-state index in [1.54, 1.807) is 28.7 Å². The zero-order chi connectivity index (χ0) is 10.7. The Kier molecular flexibility index (Phi) is 4.19. The Balaban J connectivity index is 3.37. The van der Waals surface area contributed by atoms with Crippen LogP contribution in [0.5, 0.6) is 0 Å². The summed E-state index contributed by atoms with van der Waals surface area (Å²) in [6, 6.07) is 2.98. The van der Waals surface area contributed by atoms with Crippen LogP contribution in [0.3, 0.4) is 0 Å². The minimum Gasteiger partial charge on any atom is -0.245 e. The van der Waals surface area contributed by atoms with Gasteiger partial charge in [-0.3, -0.25) is 0 Å². The highest BCUT2D eigenvalue weighted by Crippen LogP contribution is 2.26.